The molecule has 0 aliphatic carbocycles. The van der Waals surface area contributed by atoms with E-state index in [4.69, 9.17) is 10.8 Å². The maximum Gasteiger partial charge on any atom is 0.265 e. The SMILES string of the molecule is CC(C)NC(=O)c1c(N)nsc1NCC(O)C(F)F. The van der Waals surface area contributed by atoms with Gasteiger partial charge in [0.1, 0.15) is 16.7 Å². The number of nitrogen functional groups attached to an aromatic ring is 1. The Balaban J connectivity index is 2.77. The van der Waals surface area contributed by atoms with E-state index in [2.05, 4.69) is 15.0 Å². The first-order chi connectivity index (χ1) is 8.82. The molecule has 0 aromatic carbocycles. The van der Waals surface area contributed by atoms with E-state index >= 15 is 0 Å². The average Bonchev–Trinajstić information content (AvgIpc) is 2.66. The van der Waals surface area contributed by atoms with E-state index in [9.17, 15) is 13.6 Å². The molecule has 1 rings (SSSR count). The molecular weight excluding hydrogens is 278 g/mol. The number of anilines is 2. The van der Waals surface area contributed by atoms with Crippen LogP contribution < -0.4 is 16.4 Å². The molecule has 1 amide bonds. The van der Waals surface area contributed by atoms with Crippen molar-refractivity contribution in [3.05, 3.63) is 5.56 Å². The van der Waals surface area contributed by atoms with Crippen molar-refractivity contribution >= 4 is 28.3 Å². The van der Waals surface area contributed by atoms with Crippen LogP contribution in [0.3, 0.4) is 0 Å². The highest BCUT2D eigenvalue weighted by atomic mass is 32.1. The van der Waals surface area contributed by atoms with Crippen molar-refractivity contribution in [1.29, 1.82) is 0 Å². The van der Waals surface area contributed by atoms with E-state index in [1.54, 1.807) is 13.8 Å². The molecule has 0 saturated heterocycles. The Morgan fingerprint density at radius 1 is 1.53 bits per heavy atom. The number of aliphatic hydroxyl groups is 1. The maximum atomic E-state index is 12.2. The summed E-state index contributed by atoms with van der Waals surface area (Å²) < 4.78 is 28.1. The number of amides is 1. The van der Waals surface area contributed by atoms with Crippen LogP contribution >= 0.6 is 11.5 Å². The molecule has 6 nitrogen and oxygen atoms in total. The summed E-state index contributed by atoms with van der Waals surface area (Å²) in [6.45, 7) is 3.17. The van der Waals surface area contributed by atoms with Gasteiger partial charge in [-0.05, 0) is 25.4 Å². The summed E-state index contributed by atoms with van der Waals surface area (Å²) in [6.07, 6.45) is -4.67. The van der Waals surface area contributed by atoms with E-state index in [1.165, 1.54) is 0 Å². The highest BCUT2D eigenvalue weighted by Crippen LogP contribution is 2.26. The van der Waals surface area contributed by atoms with Crippen LogP contribution in [0.4, 0.5) is 19.6 Å². The number of nitrogens with one attached hydrogen (secondary N) is 2. The van der Waals surface area contributed by atoms with Gasteiger partial charge in [-0.2, -0.15) is 4.37 Å². The van der Waals surface area contributed by atoms with Crippen molar-refractivity contribution in [2.24, 2.45) is 0 Å². The summed E-state index contributed by atoms with van der Waals surface area (Å²) in [6, 6.07) is -0.0914. The third-order valence-electron chi connectivity index (χ3n) is 2.13. The number of alkyl halides is 2. The van der Waals surface area contributed by atoms with Crippen LogP contribution in [0.5, 0.6) is 0 Å². The largest absolute Gasteiger partial charge is 0.385 e. The molecule has 19 heavy (non-hydrogen) atoms. The molecule has 0 radical (unpaired) electrons. The van der Waals surface area contributed by atoms with E-state index in [0.29, 0.717) is 0 Å². The Kier molecular flexibility index (Phi) is 5.43. The van der Waals surface area contributed by atoms with Crippen LogP contribution in [0.2, 0.25) is 0 Å². The zero-order chi connectivity index (χ0) is 14.6. The highest BCUT2D eigenvalue weighted by Gasteiger charge is 2.22. The summed E-state index contributed by atoms with van der Waals surface area (Å²) in [5.74, 6) is -0.410. The fourth-order valence-corrected chi connectivity index (χ4v) is 1.98. The van der Waals surface area contributed by atoms with E-state index < -0.39 is 18.4 Å². The molecule has 108 valence electrons. The number of aliphatic hydroxyl groups excluding tert-OH is 1. The number of halogens is 2. The first kappa shape index (κ1) is 15.6. The molecule has 1 atom stereocenters. The minimum absolute atomic E-state index is 0.0252. The standard InChI is InChI=1S/C10H16F2N4O2S/c1-4(2)15-9(18)6-8(13)16-19-10(6)14-3-5(17)7(11)12/h4-5,7,14,17H,3H2,1-2H3,(H2,13,16)(H,15,18). The molecule has 0 bridgehead atoms. The quantitative estimate of drug-likeness (QED) is 0.624. The summed E-state index contributed by atoms with van der Waals surface area (Å²) in [4.78, 5) is 11.9. The molecule has 1 aromatic heterocycles. The summed E-state index contributed by atoms with van der Waals surface area (Å²) in [5, 5.41) is 14.5. The van der Waals surface area contributed by atoms with Gasteiger partial charge in [0.2, 0.25) is 0 Å². The van der Waals surface area contributed by atoms with Crippen LogP contribution in [0.15, 0.2) is 0 Å². The minimum atomic E-state index is -2.86. The van der Waals surface area contributed by atoms with Crippen molar-refractivity contribution in [2.45, 2.75) is 32.4 Å². The highest BCUT2D eigenvalue weighted by molar-refractivity contribution is 7.11. The molecule has 5 N–H and O–H groups in total. The van der Waals surface area contributed by atoms with Gasteiger partial charge in [-0.15, -0.1) is 0 Å². The van der Waals surface area contributed by atoms with Crippen LogP contribution in [0.1, 0.15) is 24.2 Å². The normalized spacial score (nSPS) is 12.8. The van der Waals surface area contributed by atoms with Gasteiger partial charge in [0.05, 0.1) is 0 Å². The number of rotatable bonds is 6. The Hall–Kier alpha value is -1.48. The average molecular weight is 294 g/mol. The van der Waals surface area contributed by atoms with Crippen molar-refractivity contribution in [2.75, 3.05) is 17.6 Å². The lowest BCUT2D eigenvalue weighted by molar-refractivity contribution is 0.00387. The Labute approximate surface area is 113 Å². The van der Waals surface area contributed by atoms with Gasteiger partial charge in [-0.3, -0.25) is 4.79 Å². The molecule has 1 aromatic rings. The number of carbonyl (C=O) groups is 1. The van der Waals surface area contributed by atoms with Gasteiger partial charge in [0.15, 0.2) is 5.82 Å². The smallest absolute Gasteiger partial charge is 0.265 e. The number of carbonyl (C=O) groups excluding carboxylic acids is 1. The third kappa shape index (κ3) is 4.28. The zero-order valence-corrected chi connectivity index (χ0v) is 11.3. The molecular formula is C10H16F2N4O2S. The molecule has 0 fully saturated rings. The molecule has 1 heterocycles. The Morgan fingerprint density at radius 3 is 2.68 bits per heavy atom. The van der Waals surface area contributed by atoms with E-state index in [1.807, 2.05) is 0 Å². The van der Waals surface area contributed by atoms with E-state index in [0.717, 1.165) is 11.5 Å². The van der Waals surface area contributed by atoms with Gasteiger partial charge in [0.25, 0.3) is 12.3 Å². The summed E-state index contributed by atoms with van der Waals surface area (Å²) in [5.41, 5.74) is 5.68. The monoisotopic (exact) mass is 294 g/mol. The molecule has 1 unspecified atom stereocenters. The molecule has 0 spiro atoms. The van der Waals surface area contributed by atoms with E-state index in [-0.39, 0.29) is 29.0 Å². The molecule has 0 saturated carbocycles. The number of hydrogen-bond donors (Lipinski definition) is 4. The predicted octanol–water partition coefficient (Wildman–Crippen LogP) is 0.901. The fourth-order valence-electron chi connectivity index (χ4n) is 1.26. The first-order valence-corrected chi connectivity index (χ1v) is 6.36. The van der Waals surface area contributed by atoms with Crippen molar-refractivity contribution < 1.29 is 18.7 Å². The van der Waals surface area contributed by atoms with Gasteiger partial charge in [0, 0.05) is 12.6 Å². The van der Waals surface area contributed by atoms with Crippen LogP contribution in [-0.4, -0.2) is 40.5 Å². The lowest BCUT2D eigenvalue weighted by atomic mass is 10.2. The van der Waals surface area contributed by atoms with Crippen molar-refractivity contribution in [3.8, 4) is 0 Å². The summed E-state index contributed by atoms with van der Waals surface area (Å²) in [7, 11) is 0. The Bertz CT molecular complexity index is 439. The van der Waals surface area contributed by atoms with Gasteiger partial charge in [-0.25, -0.2) is 8.78 Å². The number of nitrogens with two attached hydrogens (primary N) is 1. The predicted molar refractivity (Wildman–Crippen MR) is 69.6 cm³/mol. The molecule has 9 heteroatoms. The van der Waals surface area contributed by atoms with Crippen LogP contribution in [0.25, 0.3) is 0 Å². The maximum absolute atomic E-state index is 12.2. The van der Waals surface area contributed by atoms with Crippen molar-refractivity contribution in [1.82, 2.24) is 9.69 Å². The Morgan fingerprint density at radius 2 is 2.16 bits per heavy atom. The first-order valence-electron chi connectivity index (χ1n) is 5.59. The second-order valence-electron chi connectivity index (χ2n) is 4.18. The number of aromatic nitrogens is 1. The number of nitrogens with zero attached hydrogens (tertiary/aromatic N) is 1. The molecule has 0 aliphatic rings. The van der Waals surface area contributed by atoms with Crippen LogP contribution in [-0.2, 0) is 0 Å². The lowest BCUT2D eigenvalue weighted by Crippen LogP contribution is -2.31. The lowest BCUT2D eigenvalue weighted by Gasteiger charge is -2.12. The second-order valence-corrected chi connectivity index (χ2v) is 4.96. The second kappa shape index (κ2) is 6.62. The van der Waals surface area contributed by atoms with Gasteiger partial charge >= 0.3 is 0 Å². The number of hydrogen-bond acceptors (Lipinski definition) is 6. The minimum Gasteiger partial charge on any atom is -0.385 e. The topological polar surface area (TPSA) is 100 Å². The van der Waals surface area contributed by atoms with Gasteiger partial charge < -0.3 is 21.5 Å². The fraction of sp³-hybridized carbons (Fsp3) is 0.600. The van der Waals surface area contributed by atoms with Gasteiger partial charge in [-0.1, -0.05) is 0 Å². The zero-order valence-electron chi connectivity index (χ0n) is 10.5. The third-order valence-corrected chi connectivity index (χ3v) is 2.95. The van der Waals surface area contributed by atoms with Crippen LogP contribution in [0, 0.1) is 0 Å². The molecule has 0 aliphatic heterocycles. The van der Waals surface area contributed by atoms with Crippen molar-refractivity contribution in [3.63, 3.8) is 0 Å². The summed E-state index contributed by atoms with van der Waals surface area (Å²) >= 11 is 0.882.